The smallest absolute Gasteiger partial charge is 0.308 e. The topological polar surface area (TPSA) is 96.7 Å². The summed E-state index contributed by atoms with van der Waals surface area (Å²) in [5.74, 6) is -0.420. The van der Waals surface area contributed by atoms with Crippen LogP contribution in [0.2, 0.25) is 0 Å². The van der Waals surface area contributed by atoms with E-state index in [9.17, 15) is 19.8 Å². The van der Waals surface area contributed by atoms with Crippen molar-refractivity contribution in [3.63, 3.8) is 0 Å². The summed E-state index contributed by atoms with van der Waals surface area (Å²) in [6.07, 6.45) is 8.60. The summed E-state index contributed by atoms with van der Waals surface area (Å²) in [4.78, 5) is 28.8. The molecule has 1 aromatic rings. The summed E-state index contributed by atoms with van der Waals surface area (Å²) < 4.78 is 5.06. The van der Waals surface area contributed by atoms with E-state index in [1.165, 1.54) is 0 Å². The minimum absolute atomic E-state index is 0.0267. The van der Waals surface area contributed by atoms with Crippen LogP contribution in [0.4, 0.5) is 0 Å². The van der Waals surface area contributed by atoms with Gasteiger partial charge in [-0.1, -0.05) is 45.9 Å². The molecule has 0 spiro atoms. The van der Waals surface area contributed by atoms with E-state index in [1.54, 1.807) is 25.2 Å². The number of hydrogen-bond donors (Lipinski definition) is 2. The predicted molar refractivity (Wildman–Crippen MR) is 134 cm³/mol. The van der Waals surface area contributed by atoms with Crippen molar-refractivity contribution in [2.75, 3.05) is 6.61 Å². The molecule has 0 amide bonds. The molecular weight excluding hydrogens is 438 g/mol. The number of nitrogens with zero attached hydrogens (tertiary/aromatic N) is 1. The number of aliphatic hydroxyl groups excluding tert-OH is 2. The lowest BCUT2D eigenvalue weighted by Gasteiger charge is -2.32. The molecule has 186 valence electrons. The average molecular weight is 480 g/mol. The Kier molecular flexibility index (Phi) is 12.8. The van der Waals surface area contributed by atoms with Crippen molar-refractivity contribution in [2.45, 2.75) is 85.9 Å². The summed E-state index contributed by atoms with van der Waals surface area (Å²) in [6.45, 7) is 11.5. The highest BCUT2D eigenvalue weighted by Crippen LogP contribution is 2.31. The van der Waals surface area contributed by atoms with Gasteiger partial charge in [-0.2, -0.15) is 0 Å². The Balaban J connectivity index is 0.000000502. The first-order valence-electron chi connectivity index (χ1n) is 11.7. The van der Waals surface area contributed by atoms with E-state index in [1.807, 2.05) is 45.1 Å². The molecule has 2 rings (SSSR count). The maximum absolute atomic E-state index is 12.7. The van der Waals surface area contributed by atoms with E-state index in [0.717, 1.165) is 23.5 Å². The van der Waals surface area contributed by atoms with Crippen LogP contribution in [0.15, 0.2) is 23.6 Å². The number of ketones is 1. The number of thiazole rings is 1. The Morgan fingerprint density at radius 2 is 1.85 bits per heavy atom. The highest BCUT2D eigenvalue weighted by Gasteiger charge is 2.39. The number of ether oxygens (including phenoxy) is 1. The molecule has 4 atom stereocenters. The fourth-order valence-corrected chi connectivity index (χ4v) is 4.29. The van der Waals surface area contributed by atoms with Crippen molar-refractivity contribution >= 4 is 29.2 Å². The van der Waals surface area contributed by atoms with Crippen LogP contribution in [0, 0.1) is 24.2 Å². The summed E-state index contributed by atoms with van der Waals surface area (Å²) in [5, 5.41) is 23.4. The number of carbonyl (C=O) groups is 2. The average Bonchev–Trinajstić information content (AvgIpc) is 3.15. The van der Waals surface area contributed by atoms with Crippen molar-refractivity contribution in [1.82, 2.24) is 4.98 Å². The highest BCUT2D eigenvalue weighted by atomic mass is 32.1. The monoisotopic (exact) mass is 479 g/mol. The lowest BCUT2D eigenvalue weighted by molar-refractivity contribution is -0.150. The number of cyclic esters (lactones) is 1. The number of carbonyl (C=O) groups excluding carboxylic acids is 2. The standard InChI is InChI=1S/C19H32O5.C7H9NS/c1-13-7-5-6-8-15(20)9-10-24-17(22)12-16(21)19(3,4)18(23)14(2)11-13;1-3-4-7-5-9-6(2)8-7/h5-6,13-16,20-21H,7-12H2,1-4H3;3-5H,1-2H3/b6-5+;4-3-. The molecule has 1 aromatic heterocycles. The largest absolute Gasteiger partial charge is 0.465 e. The molecule has 6 nitrogen and oxygen atoms in total. The highest BCUT2D eigenvalue weighted by molar-refractivity contribution is 7.09. The molecule has 0 aliphatic carbocycles. The number of esters is 1. The lowest BCUT2D eigenvalue weighted by atomic mass is 9.74. The zero-order valence-corrected chi connectivity index (χ0v) is 21.7. The third-order valence-corrected chi connectivity index (χ3v) is 6.62. The minimum atomic E-state index is -1.08. The summed E-state index contributed by atoms with van der Waals surface area (Å²) >= 11 is 1.68. The van der Waals surface area contributed by atoms with Gasteiger partial charge in [0.15, 0.2) is 0 Å². The molecule has 0 saturated heterocycles. The second-order valence-electron chi connectivity index (χ2n) is 9.44. The predicted octanol–water partition coefficient (Wildman–Crippen LogP) is 5.12. The Hall–Kier alpha value is -1.83. The van der Waals surface area contributed by atoms with Gasteiger partial charge in [-0.3, -0.25) is 9.59 Å². The number of allylic oxidation sites excluding steroid dienone is 2. The number of aryl methyl sites for hydroxylation is 1. The van der Waals surface area contributed by atoms with E-state index < -0.39 is 23.6 Å². The number of rotatable bonds is 1. The summed E-state index contributed by atoms with van der Waals surface area (Å²) in [5.41, 5.74) is 0.0740. The van der Waals surface area contributed by atoms with Gasteiger partial charge in [0.25, 0.3) is 0 Å². The summed E-state index contributed by atoms with van der Waals surface area (Å²) in [6, 6.07) is 0. The van der Waals surface area contributed by atoms with Crippen molar-refractivity contribution in [2.24, 2.45) is 17.3 Å². The maximum Gasteiger partial charge on any atom is 0.308 e. The molecule has 7 heteroatoms. The maximum atomic E-state index is 12.7. The first-order valence-corrected chi connectivity index (χ1v) is 12.6. The van der Waals surface area contributed by atoms with E-state index in [2.05, 4.69) is 17.3 Å². The van der Waals surface area contributed by atoms with Crippen LogP contribution < -0.4 is 0 Å². The number of hydrogen-bond acceptors (Lipinski definition) is 7. The second-order valence-corrected chi connectivity index (χ2v) is 10.5. The van der Waals surface area contributed by atoms with Crippen LogP contribution in [0.3, 0.4) is 0 Å². The van der Waals surface area contributed by atoms with Crippen LogP contribution in [0.25, 0.3) is 6.08 Å². The van der Waals surface area contributed by atoms with Gasteiger partial charge in [0.1, 0.15) is 5.78 Å². The molecule has 2 heterocycles. The Morgan fingerprint density at radius 3 is 2.45 bits per heavy atom. The fourth-order valence-electron chi connectivity index (χ4n) is 3.71. The van der Waals surface area contributed by atoms with E-state index in [4.69, 9.17) is 4.74 Å². The molecular formula is C26H41NO5S. The fraction of sp³-hybridized carbons (Fsp3) is 0.654. The molecule has 1 aliphatic heterocycles. The first kappa shape index (κ1) is 29.2. The molecule has 0 saturated carbocycles. The van der Waals surface area contributed by atoms with Crippen LogP contribution in [0.5, 0.6) is 0 Å². The van der Waals surface area contributed by atoms with Gasteiger partial charge in [0, 0.05) is 17.7 Å². The molecule has 0 fully saturated rings. The Labute approximate surface area is 202 Å². The molecule has 1 aliphatic rings. The number of Topliss-reactive ketones (excluding diaryl/α,β-unsaturated/α-hetero) is 1. The van der Waals surface area contributed by atoms with Crippen molar-refractivity contribution in [1.29, 1.82) is 0 Å². The lowest BCUT2D eigenvalue weighted by Crippen LogP contribution is -2.42. The van der Waals surface area contributed by atoms with Crippen LogP contribution in [0.1, 0.15) is 77.4 Å². The molecule has 2 N–H and O–H groups in total. The molecule has 33 heavy (non-hydrogen) atoms. The third kappa shape index (κ3) is 10.8. The Morgan fingerprint density at radius 1 is 1.18 bits per heavy atom. The minimum Gasteiger partial charge on any atom is -0.465 e. The van der Waals surface area contributed by atoms with Crippen molar-refractivity contribution < 1.29 is 24.5 Å². The number of aliphatic hydroxyl groups is 2. The second kappa shape index (κ2) is 14.4. The Bertz CT molecular complexity index is 798. The summed E-state index contributed by atoms with van der Waals surface area (Å²) in [7, 11) is 0. The SMILES string of the molecule is C/C=C\c1csc(C)n1.CC1C/C=C/CC(O)CCOC(=O)CC(O)C(C)(C)C(=O)C(C)C1. The van der Waals surface area contributed by atoms with Gasteiger partial charge >= 0.3 is 5.97 Å². The zero-order valence-electron chi connectivity index (χ0n) is 20.9. The molecule has 0 bridgehead atoms. The van der Waals surface area contributed by atoms with Gasteiger partial charge in [-0.15, -0.1) is 11.3 Å². The first-order chi connectivity index (χ1) is 15.5. The quantitative estimate of drug-likeness (QED) is 0.428. The van der Waals surface area contributed by atoms with E-state index in [0.29, 0.717) is 18.8 Å². The van der Waals surface area contributed by atoms with Gasteiger partial charge in [-0.05, 0) is 45.1 Å². The van der Waals surface area contributed by atoms with Crippen LogP contribution in [-0.4, -0.2) is 45.8 Å². The normalized spacial score (nSPS) is 28.6. The van der Waals surface area contributed by atoms with Gasteiger partial charge < -0.3 is 14.9 Å². The molecule has 4 unspecified atom stereocenters. The molecule has 0 radical (unpaired) electrons. The van der Waals surface area contributed by atoms with E-state index in [-0.39, 0.29) is 24.7 Å². The van der Waals surface area contributed by atoms with Crippen molar-refractivity contribution in [3.05, 3.63) is 34.3 Å². The molecule has 0 aromatic carbocycles. The van der Waals surface area contributed by atoms with Crippen molar-refractivity contribution in [3.8, 4) is 0 Å². The van der Waals surface area contributed by atoms with Gasteiger partial charge in [-0.25, -0.2) is 4.98 Å². The zero-order chi connectivity index (χ0) is 25.0. The van der Waals surface area contributed by atoms with Gasteiger partial charge in [0.2, 0.25) is 0 Å². The number of aromatic nitrogens is 1. The van der Waals surface area contributed by atoms with E-state index >= 15 is 0 Å². The van der Waals surface area contributed by atoms with Gasteiger partial charge in [0.05, 0.1) is 41.4 Å². The third-order valence-electron chi connectivity index (χ3n) is 5.83. The van der Waals surface area contributed by atoms with Crippen LogP contribution >= 0.6 is 11.3 Å². The van der Waals surface area contributed by atoms with Crippen LogP contribution in [-0.2, 0) is 14.3 Å².